The minimum absolute atomic E-state index is 0.250. The average molecular weight is 254 g/mol. The summed E-state index contributed by atoms with van der Waals surface area (Å²) in [5.74, 6) is 9.51. The van der Waals surface area contributed by atoms with E-state index in [0.717, 1.165) is 0 Å². The Hall–Kier alpha value is -2.32. The number of nitrogens with two attached hydrogens (primary N) is 2. The number of amides is 2. The molecule has 0 aliphatic carbocycles. The molecule has 1 rings (SSSR count). The largest absolute Gasteiger partial charge is 0.480 e. The predicted octanol–water partition coefficient (Wildman–Crippen LogP) is -1.58. The molecule has 18 heavy (non-hydrogen) atoms. The van der Waals surface area contributed by atoms with E-state index in [4.69, 9.17) is 21.2 Å². The molecule has 6 N–H and O–H groups in total. The summed E-state index contributed by atoms with van der Waals surface area (Å²) < 4.78 is 10.4. The van der Waals surface area contributed by atoms with Gasteiger partial charge in [0.25, 0.3) is 11.8 Å². The van der Waals surface area contributed by atoms with Crippen LogP contribution in [0.3, 0.4) is 0 Å². The summed E-state index contributed by atoms with van der Waals surface area (Å²) in [6.45, 7) is -0.500. The van der Waals surface area contributed by atoms with E-state index in [1.165, 1.54) is 0 Å². The minimum atomic E-state index is -0.482. The third-order valence-corrected chi connectivity index (χ3v) is 1.89. The third kappa shape index (κ3) is 4.28. The molecule has 0 radical (unpaired) electrons. The molecule has 1 aromatic rings. The highest BCUT2D eigenvalue weighted by molar-refractivity contribution is 5.77. The summed E-state index contributed by atoms with van der Waals surface area (Å²) in [4.78, 5) is 21.9. The van der Waals surface area contributed by atoms with Crippen molar-refractivity contribution < 1.29 is 19.1 Å². The number of hydrogen-bond acceptors (Lipinski definition) is 6. The molecular weight excluding hydrogens is 240 g/mol. The zero-order chi connectivity index (χ0) is 13.4. The fourth-order valence-electron chi connectivity index (χ4n) is 1.06. The molecule has 0 fully saturated rings. The van der Waals surface area contributed by atoms with Gasteiger partial charge in [-0.15, -0.1) is 0 Å². The zero-order valence-electron chi connectivity index (χ0n) is 9.51. The molecule has 0 bridgehead atoms. The fraction of sp³-hybridized carbons (Fsp3) is 0.200. The van der Waals surface area contributed by atoms with Crippen molar-refractivity contribution in [1.29, 1.82) is 0 Å². The first kappa shape index (κ1) is 13.7. The summed E-state index contributed by atoms with van der Waals surface area (Å²) in [6.07, 6.45) is 0. The van der Waals surface area contributed by atoms with Crippen LogP contribution in [0.2, 0.25) is 0 Å². The van der Waals surface area contributed by atoms with Crippen LogP contribution in [0.1, 0.15) is 0 Å². The van der Waals surface area contributed by atoms with Crippen LogP contribution in [0, 0.1) is 0 Å². The summed E-state index contributed by atoms with van der Waals surface area (Å²) in [5, 5.41) is 0. The van der Waals surface area contributed by atoms with Crippen molar-refractivity contribution in [3.05, 3.63) is 24.3 Å². The number of para-hydroxylation sites is 2. The van der Waals surface area contributed by atoms with Crippen LogP contribution in [0.25, 0.3) is 0 Å². The number of rotatable bonds is 6. The number of nitrogens with one attached hydrogen (secondary N) is 2. The lowest BCUT2D eigenvalue weighted by atomic mass is 10.3. The molecule has 0 aliphatic rings. The Balaban J connectivity index is 2.61. The van der Waals surface area contributed by atoms with Crippen molar-refractivity contribution in [2.75, 3.05) is 13.2 Å². The van der Waals surface area contributed by atoms with Gasteiger partial charge >= 0.3 is 0 Å². The maximum atomic E-state index is 10.9. The average Bonchev–Trinajstić information content (AvgIpc) is 2.42. The fourth-order valence-corrected chi connectivity index (χ4v) is 1.06. The van der Waals surface area contributed by atoms with Crippen LogP contribution in [-0.2, 0) is 9.59 Å². The molecular formula is C10H14N4O4. The Morgan fingerprint density at radius 3 is 1.67 bits per heavy atom. The van der Waals surface area contributed by atoms with Crippen molar-refractivity contribution in [1.82, 2.24) is 10.9 Å². The molecule has 0 heterocycles. The molecule has 0 aliphatic heterocycles. The molecule has 2 amide bonds. The van der Waals surface area contributed by atoms with Crippen molar-refractivity contribution in [3.63, 3.8) is 0 Å². The van der Waals surface area contributed by atoms with Crippen LogP contribution in [-0.4, -0.2) is 25.0 Å². The molecule has 0 atom stereocenters. The smallest absolute Gasteiger partial charge is 0.271 e. The van der Waals surface area contributed by atoms with Gasteiger partial charge in [0.05, 0.1) is 0 Å². The van der Waals surface area contributed by atoms with Crippen LogP contribution < -0.4 is 32.0 Å². The highest BCUT2D eigenvalue weighted by Gasteiger charge is 2.08. The monoisotopic (exact) mass is 254 g/mol. The number of carbonyl (C=O) groups excluding carboxylic acids is 2. The summed E-state index contributed by atoms with van der Waals surface area (Å²) >= 11 is 0. The Labute approximate surface area is 103 Å². The summed E-state index contributed by atoms with van der Waals surface area (Å²) in [7, 11) is 0. The van der Waals surface area contributed by atoms with E-state index in [-0.39, 0.29) is 13.2 Å². The van der Waals surface area contributed by atoms with Gasteiger partial charge in [-0.25, -0.2) is 11.7 Å². The molecule has 0 unspecified atom stereocenters. The van der Waals surface area contributed by atoms with Crippen LogP contribution in [0.15, 0.2) is 24.3 Å². The number of hydrogen-bond donors (Lipinski definition) is 4. The molecule has 98 valence electrons. The van der Waals surface area contributed by atoms with Gasteiger partial charge in [0.2, 0.25) is 0 Å². The molecule has 8 heteroatoms. The Morgan fingerprint density at radius 2 is 1.33 bits per heavy atom. The van der Waals surface area contributed by atoms with Crippen molar-refractivity contribution in [3.8, 4) is 11.5 Å². The van der Waals surface area contributed by atoms with Crippen LogP contribution >= 0.6 is 0 Å². The third-order valence-electron chi connectivity index (χ3n) is 1.89. The number of carbonyl (C=O) groups is 2. The summed E-state index contributed by atoms with van der Waals surface area (Å²) in [5.41, 5.74) is 3.86. The topological polar surface area (TPSA) is 129 Å². The van der Waals surface area contributed by atoms with Gasteiger partial charge in [0.15, 0.2) is 24.7 Å². The van der Waals surface area contributed by atoms with E-state index in [1.807, 2.05) is 10.9 Å². The second-order valence-corrected chi connectivity index (χ2v) is 3.16. The second-order valence-electron chi connectivity index (χ2n) is 3.16. The molecule has 8 nitrogen and oxygen atoms in total. The number of benzene rings is 1. The van der Waals surface area contributed by atoms with E-state index in [2.05, 4.69) is 0 Å². The van der Waals surface area contributed by atoms with Crippen molar-refractivity contribution >= 4 is 11.8 Å². The molecule has 1 aromatic carbocycles. The highest BCUT2D eigenvalue weighted by atomic mass is 16.5. The lowest BCUT2D eigenvalue weighted by molar-refractivity contribution is -0.124. The normalized spacial score (nSPS) is 9.44. The van der Waals surface area contributed by atoms with Crippen molar-refractivity contribution in [2.45, 2.75) is 0 Å². The van der Waals surface area contributed by atoms with Gasteiger partial charge in [-0.05, 0) is 12.1 Å². The van der Waals surface area contributed by atoms with Crippen LogP contribution in [0.5, 0.6) is 11.5 Å². The van der Waals surface area contributed by atoms with E-state index >= 15 is 0 Å². The quantitative estimate of drug-likeness (QED) is 0.275. The number of ether oxygens (including phenoxy) is 2. The maximum absolute atomic E-state index is 10.9. The first-order chi connectivity index (χ1) is 8.67. The zero-order valence-corrected chi connectivity index (χ0v) is 9.51. The lowest BCUT2D eigenvalue weighted by Gasteiger charge is -2.11. The van der Waals surface area contributed by atoms with Gasteiger partial charge in [-0.1, -0.05) is 12.1 Å². The predicted molar refractivity (Wildman–Crippen MR) is 62.1 cm³/mol. The van der Waals surface area contributed by atoms with Gasteiger partial charge in [-0.3, -0.25) is 20.4 Å². The molecule has 0 saturated heterocycles. The summed E-state index contributed by atoms with van der Waals surface area (Å²) in [6, 6.07) is 6.59. The SMILES string of the molecule is NNC(=O)COc1ccccc1OCC(=O)NN. The van der Waals surface area contributed by atoms with E-state index < -0.39 is 11.8 Å². The van der Waals surface area contributed by atoms with E-state index in [9.17, 15) is 9.59 Å². The van der Waals surface area contributed by atoms with Gasteiger partial charge < -0.3 is 9.47 Å². The highest BCUT2D eigenvalue weighted by Crippen LogP contribution is 2.26. The first-order valence-electron chi connectivity index (χ1n) is 5.01. The van der Waals surface area contributed by atoms with Gasteiger partial charge in [0.1, 0.15) is 0 Å². The first-order valence-corrected chi connectivity index (χ1v) is 5.01. The Bertz CT molecular complexity index is 385. The molecule has 0 saturated carbocycles. The van der Waals surface area contributed by atoms with Crippen LogP contribution in [0.4, 0.5) is 0 Å². The molecule has 0 aromatic heterocycles. The lowest BCUT2D eigenvalue weighted by Crippen LogP contribution is -2.35. The Morgan fingerprint density at radius 1 is 0.944 bits per heavy atom. The van der Waals surface area contributed by atoms with E-state index in [0.29, 0.717) is 11.5 Å². The second kappa shape index (κ2) is 7.09. The number of hydrazine groups is 2. The van der Waals surface area contributed by atoms with Crippen molar-refractivity contribution in [2.24, 2.45) is 11.7 Å². The maximum Gasteiger partial charge on any atom is 0.271 e. The van der Waals surface area contributed by atoms with Gasteiger partial charge in [-0.2, -0.15) is 0 Å². The van der Waals surface area contributed by atoms with Gasteiger partial charge in [0, 0.05) is 0 Å². The standard InChI is InChI=1S/C10H14N4O4/c11-13-9(15)5-17-7-3-1-2-4-8(7)18-6-10(16)14-12/h1-4H,5-6,11-12H2,(H,13,15)(H,14,16). The molecule has 0 spiro atoms. The Kier molecular flexibility index (Phi) is 5.42. The van der Waals surface area contributed by atoms with E-state index in [1.54, 1.807) is 24.3 Å². The minimum Gasteiger partial charge on any atom is -0.480 e.